The molecular weight excluding hydrogens is 184 g/mol. The topological polar surface area (TPSA) is 38.9 Å². The Morgan fingerprint density at radius 2 is 2.00 bits per heavy atom. The van der Waals surface area contributed by atoms with Crippen molar-refractivity contribution in [1.29, 1.82) is 0 Å². The largest absolute Gasteiger partial charge is 0.324 e. The summed E-state index contributed by atoms with van der Waals surface area (Å²) in [6.45, 7) is 6.11. The van der Waals surface area contributed by atoms with Crippen LogP contribution in [-0.2, 0) is 0 Å². The summed E-state index contributed by atoms with van der Waals surface area (Å²) in [6, 6.07) is 8.36. The van der Waals surface area contributed by atoms with Gasteiger partial charge in [-0.05, 0) is 38.0 Å². The Kier molecular flexibility index (Phi) is 2.45. The average molecular weight is 200 g/mol. The molecule has 0 amide bonds. The smallest absolute Gasteiger partial charge is 0.0737 e. The molecule has 0 saturated carbocycles. The van der Waals surface area contributed by atoms with E-state index >= 15 is 0 Å². The zero-order chi connectivity index (χ0) is 11.0. The van der Waals surface area contributed by atoms with Crippen LogP contribution >= 0.6 is 0 Å². The van der Waals surface area contributed by atoms with Crippen molar-refractivity contribution in [2.75, 3.05) is 0 Å². The van der Waals surface area contributed by atoms with Crippen LogP contribution in [0.2, 0.25) is 0 Å². The van der Waals surface area contributed by atoms with Gasteiger partial charge in [0.2, 0.25) is 0 Å². The quantitative estimate of drug-likeness (QED) is 0.768. The third-order valence-corrected chi connectivity index (χ3v) is 2.69. The van der Waals surface area contributed by atoms with E-state index < -0.39 is 0 Å². The van der Waals surface area contributed by atoms with Crippen molar-refractivity contribution < 1.29 is 0 Å². The molecule has 0 saturated heterocycles. The summed E-state index contributed by atoms with van der Waals surface area (Å²) >= 11 is 0. The molecule has 0 radical (unpaired) electrons. The van der Waals surface area contributed by atoms with Crippen LogP contribution in [0.1, 0.15) is 29.8 Å². The molecular formula is C13H16N2. The minimum atomic E-state index is 0.0519. The van der Waals surface area contributed by atoms with Crippen LogP contribution in [0.5, 0.6) is 0 Å². The summed E-state index contributed by atoms with van der Waals surface area (Å²) in [4.78, 5) is 4.56. The summed E-state index contributed by atoms with van der Waals surface area (Å²) in [5.74, 6) is 0. The van der Waals surface area contributed by atoms with E-state index in [1.807, 2.05) is 13.8 Å². The first kappa shape index (κ1) is 10.1. The Bertz CT molecular complexity index is 501. The maximum absolute atomic E-state index is 5.97. The van der Waals surface area contributed by atoms with Crippen LogP contribution in [0.15, 0.2) is 24.3 Å². The van der Waals surface area contributed by atoms with E-state index in [4.69, 9.17) is 5.73 Å². The van der Waals surface area contributed by atoms with Crippen molar-refractivity contribution in [3.05, 3.63) is 41.1 Å². The van der Waals surface area contributed by atoms with Crippen molar-refractivity contribution >= 4 is 10.9 Å². The number of rotatable bonds is 1. The van der Waals surface area contributed by atoms with Gasteiger partial charge in [0.1, 0.15) is 0 Å². The molecule has 1 aromatic heterocycles. The predicted octanol–water partition coefficient (Wildman–Crippen LogP) is 2.87. The van der Waals surface area contributed by atoms with Gasteiger partial charge in [-0.1, -0.05) is 18.2 Å². The molecule has 2 heteroatoms. The van der Waals surface area contributed by atoms with E-state index in [0.29, 0.717) is 0 Å². The van der Waals surface area contributed by atoms with E-state index in [2.05, 4.69) is 36.2 Å². The highest BCUT2D eigenvalue weighted by molar-refractivity contribution is 5.85. The van der Waals surface area contributed by atoms with Crippen LogP contribution < -0.4 is 5.73 Å². The van der Waals surface area contributed by atoms with Gasteiger partial charge in [0, 0.05) is 17.1 Å². The van der Waals surface area contributed by atoms with Gasteiger partial charge < -0.3 is 5.73 Å². The number of para-hydroxylation sites is 1. The Balaban J connectivity index is 2.86. The van der Waals surface area contributed by atoms with Crippen molar-refractivity contribution in [3.63, 3.8) is 0 Å². The first-order chi connectivity index (χ1) is 7.09. The van der Waals surface area contributed by atoms with Crippen molar-refractivity contribution in [2.45, 2.75) is 26.8 Å². The molecule has 0 aliphatic heterocycles. The van der Waals surface area contributed by atoms with Gasteiger partial charge in [-0.25, -0.2) is 0 Å². The number of pyridine rings is 1. The molecule has 15 heavy (non-hydrogen) atoms. The molecule has 0 aliphatic carbocycles. The number of aryl methyl sites for hydroxylation is 2. The fourth-order valence-corrected chi connectivity index (χ4v) is 1.93. The molecule has 2 rings (SSSR count). The van der Waals surface area contributed by atoms with Gasteiger partial charge in [-0.15, -0.1) is 0 Å². The van der Waals surface area contributed by atoms with Crippen molar-refractivity contribution in [3.8, 4) is 0 Å². The van der Waals surface area contributed by atoms with E-state index in [-0.39, 0.29) is 6.04 Å². The van der Waals surface area contributed by atoms with Gasteiger partial charge in [0.25, 0.3) is 0 Å². The number of hydrogen-bond donors (Lipinski definition) is 1. The second-order valence-corrected chi connectivity index (χ2v) is 4.11. The first-order valence-corrected chi connectivity index (χ1v) is 5.22. The van der Waals surface area contributed by atoms with Gasteiger partial charge in [0.05, 0.1) is 5.52 Å². The third-order valence-electron chi connectivity index (χ3n) is 2.69. The Labute approximate surface area is 90.1 Å². The fraction of sp³-hybridized carbons (Fsp3) is 0.308. The van der Waals surface area contributed by atoms with E-state index in [0.717, 1.165) is 11.2 Å². The monoisotopic (exact) mass is 200 g/mol. The maximum atomic E-state index is 5.97. The van der Waals surface area contributed by atoms with Crippen molar-refractivity contribution in [1.82, 2.24) is 4.98 Å². The van der Waals surface area contributed by atoms with E-state index in [9.17, 15) is 0 Å². The van der Waals surface area contributed by atoms with E-state index in [1.165, 1.54) is 16.5 Å². The molecule has 0 spiro atoms. The molecule has 2 nitrogen and oxygen atoms in total. The summed E-state index contributed by atoms with van der Waals surface area (Å²) in [6.07, 6.45) is 0. The number of nitrogens with zero attached hydrogens (tertiary/aromatic N) is 1. The van der Waals surface area contributed by atoms with Crippen molar-refractivity contribution in [2.24, 2.45) is 5.73 Å². The maximum Gasteiger partial charge on any atom is 0.0737 e. The Hall–Kier alpha value is -1.41. The second kappa shape index (κ2) is 3.63. The third kappa shape index (κ3) is 1.73. The summed E-state index contributed by atoms with van der Waals surface area (Å²) in [7, 11) is 0. The minimum absolute atomic E-state index is 0.0519. The molecule has 0 bridgehead atoms. The zero-order valence-corrected chi connectivity index (χ0v) is 9.41. The Morgan fingerprint density at radius 3 is 2.67 bits per heavy atom. The lowest BCUT2D eigenvalue weighted by Gasteiger charge is -2.12. The summed E-state index contributed by atoms with van der Waals surface area (Å²) in [5, 5.41) is 1.18. The SMILES string of the molecule is Cc1cc(C(C)N)c2cccc(C)c2n1. The summed E-state index contributed by atoms with van der Waals surface area (Å²) < 4.78 is 0. The molecule has 78 valence electrons. The van der Waals surface area contributed by atoms with Gasteiger partial charge in [-0.3, -0.25) is 4.98 Å². The molecule has 0 fully saturated rings. The van der Waals surface area contributed by atoms with E-state index in [1.54, 1.807) is 0 Å². The highest BCUT2D eigenvalue weighted by Gasteiger charge is 2.08. The lowest BCUT2D eigenvalue weighted by molar-refractivity contribution is 0.823. The van der Waals surface area contributed by atoms with Crippen LogP contribution in [0.25, 0.3) is 10.9 Å². The highest BCUT2D eigenvalue weighted by Crippen LogP contribution is 2.24. The standard InChI is InChI=1S/C13H16N2/c1-8-5-4-6-11-12(10(3)14)7-9(2)15-13(8)11/h4-7,10H,14H2,1-3H3. The average Bonchev–Trinajstić information content (AvgIpc) is 2.18. The second-order valence-electron chi connectivity index (χ2n) is 4.11. The molecule has 2 N–H and O–H groups in total. The first-order valence-electron chi connectivity index (χ1n) is 5.22. The van der Waals surface area contributed by atoms with Gasteiger partial charge in [-0.2, -0.15) is 0 Å². The van der Waals surface area contributed by atoms with Crippen LogP contribution in [-0.4, -0.2) is 4.98 Å². The van der Waals surface area contributed by atoms with Crippen LogP contribution in [0, 0.1) is 13.8 Å². The highest BCUT2D eigenvalue weighted by atomic mass is 14.7. The number of nitrogens with two attached hydrogens (primary N) is 1. The van der Waals surface area contributed by atoms with Crippen LogP contribution in [0.3, 0.4) is 0 Å². The lowest BCUT2D eigenvalue weighted by atomic mass is 10.0. The molecule has 0 aliphatic rings. The van der Waals surface area contributed by atoms with Gasteiger partial charge in [0.15, 0.2) is 0 Å². The van der Waals surface area contributed by atoms with Crippen LogP contribution in [0.4, 0.5) is 0 Å². The number of hydrogen-bond acceptors (Lipinski definition) is 2. The molecule has 1 atom stereocenters. The minimum Gasteiger partial charge on any atom is -0.324 e. The normalized spacial score (nSPS) is 13.1. The fourth-order valence-electron chi connectivity index (χ4n) is 1.93. The number of benzene rings is 1. The predicted molar refractivity (Wildman–Crippen MR) is 63.8 cm³/mol. The Morgan fingerprint density at radius 1 is 1.27 bits per heavy atom. The molecule has 1 unspecified atom stereocenters. The molecule has 1 heterocycles. The lowest BCUT2D eigenvalue weighted by Crippen LogP contribution is -2.07. The zero-order valence-electron chi connectivity index (χ0n) is 9.41. The summed E-state index contributed by atoms with van der Waals surface area (Å²) in [5.41, 5.74) is 10.5. The number of fused-ring (bicyclic) bond motifs is 1. The van der Waals surface area contributed by atoms with Gasteiger partial charge >= 0.3 is 0 Å². The number of aromatic nitrogens is 1. The molecule has 2 aromatic rings. The molecule has 1 aromatic carbocycles.